The zero-order chi connectivity index (χ0) is 29.7. The highest BCUT2D eigenvalue weighted by molar-refractivity contribution is 8.93. The van der Waals surface area contributed by atoms with Crippen LogP contribution in [0.25, 0.3) is 28.1 Å². The number of para-hydroxylation sites is 1. The Morgan fingerprint density at radius 2 is 1.89 bits per heavy atom. The van der Waals surface area contributed by atoms with Gasteiger partial charge in [-0.25, -0.2) is 23.4 Å². The van der Waals surface area contributed by atoms with Crippen LogP contribution >= 0.6 is 17.0 Å². The molecule has 1 saturated carbocycles. The molecule has 1 aliphatic heterocycles. The van der Waals surface area contributed by atoms with Crippen LogP contribution in [0, 0.1) is 12.8 Å². The summed E-state index contributed by atoms with van der Waals surface area (Å²) in [5, 5.41) is 8.07. The fourth-order valence-corrected chi connectivity index (χ4v) is 6.27. The Morgan fingerprint density at radius 1 is 1.09 bits per heavy atom. The van der Waals surface area contributed by atoms with Gasteiger partial charge in [-0.15, -0.1) is 17.0 Å². The van der Waals surface area contributed by atoms with Gasteiger partial charge in [0.2, 0.25) is 11.8 Å². The summed E-state index contributed by atoms with van der Waals surface area (Å²) in [6.45, 7) is 2.22. The van der Waals surface area contributed by atoms with Gasteiger partial charge in [0, 0.05) is 60.5 Å². The smallest absolute Gasteiger partial charge is 0.251 e. The molecule has 2 atom stereocenters. The van der Waals surface area contributed by atoms with Gasteiger partial charge < -0.3 is 15.2 Å². The number of rotatable bonds is 5. The normalized spacial score (nSPS) is 18.9. The molecular weight excluding hydrogens is 632 g/mol. The van der Waals surface area contributed by atoms with Gasteiger partial charge in [-0.2, -0.15) is 5.10 Å². The molecule has 5 aromatic rings. The summed E-state index contributed by atoms with van der Waals surface area (Å²) in [7, 11) is 0. The summed E-state index contributed by atoms with van der Waals surface area (Å²) in [6, 6.07) is 15.5. The lowest BCUT2D eigenvalue weighted by atomic mass is 9.81. The molecule has 1 fully saturated rings. The van der Waals surface area contributed by atoms with Crippen LogP contribution in [-0.4, -0.2) is 55.1 Å². The van der Waals surface area contributed by atoms with Gasteiger partial charge in [-0.3, -0.25) is 9.59 Å². The predicted molar refractivity (Wildman–Crippen MR) is 168 cm³/mol. The number of pyridine rings is 1. The third-order valence-corrected chi connectivity index (χ3v) is 8.38. The molecule has 44 heavy (non-hydrogen) atoms. The summed E-state index contributed by atoms with van der Waals surface area (Å²) < 4.78 is 31.4. The zero-order valence-electron chi connectivity index (χ0n) is 23.8. The lowest BCUT2D eigenvalue weighted by Crippen LogP contribution is -2.52. The van der Waals surface area contributed by atoms with Crippen LogP contribution in [0.1, 0.15) is 40.9 Å². The Morgan fingerprint density at radius 3 is 2.61 bits per heavy atom. The minimum absolute atomic E-state index is 0. The average molecular weight is 663 g/mol. The third-order valence-electron chi connectivity index (χ3n) is 8.38. The van der Waals surface area contributed by atoms with Gasteiger partial charge in [-0.05, 0) is 56.2 Å². The molecule has 2 aliphatic rings. The number of amides is 2. The van der Waals surface area contributed by atoms with E-state index in [9.17, 15) is 18.4 Å². The number of hydrogen-bond donors (Lipinski definition) is 2. The van der Waals surface area contributed by atoms with Crippen molar-refractivity contribution in [2.45, 2.75) is 44.6 Å². The first-order chi connectivity index (χ1) is 20.8. The second-order valence-corrected chi connectivity index (χ2v) is 11.2. The first-order valence-electron chi connectivity index (χ1n) is 14.3. The van der Waals surface area contributed by atoms with E-state index in [1.807, 2.05) is 43.5 Å². The Hall–Kier alpha value is -4.45. The van der Waals surface area contributed by atoms with Crippen molar-refractivity contribution in [3.05, 3.63) is 90.0 Å². The molecule has 2 amide bonds. The van der Waals surface area contributed by atoms with E-state index in [0.29, 0.717) is 41.3 Å². The van der Waals surface area contributed by atoms with E-state index in [1.165, 1.54) is 0 Å². The van der Waals surface area contributed by atoms with Crippen LogP contribution in [0.5, 0.6) is 0 Å². The molecule has 0 saturated heterocycles. The first kappa shape index (κ1) is 29.6. The quantitative estimate of drug-likeness (QED) is 0.247. The molecule has 2 aromatic carbocycles. The number of aromatic amines is 1. The van der Waals surface area contributed by atoms with Gasteiger partial charge in [0.05, 0.1) is 28.5 Å². The molecule has 1 aliphatic carbocycles. The third kappa shape index (κ3) is 5.38. The lowest BCUT2D eigenvalue weighted by molar-refractivity contribution is -0.131. The Bertz CT molecular complexity index is 1840. The fraction of sp³-hybridized carbons (Fsp3) is 0.281. The van der Waals surface area contributed by atoms with Crippen molar-refractivity contribution >= 4 is 45.4 Å². The molecule has 2 N–H and O–H groups in total. The van der Waals surface area contributed by atoms with Gasteiger partial charge >= 0.3 is 0 Å². The molecule has 0 radical (unpaired) electrons. The SMILES string of the molecule is Br.Cc1ccn(-c2ccc(C(=O)N[C@@H]3CCC(F)(F)C[C@H]3C(=O)N3CCc4c(-c5ncc[nH]5)nc5ccccc5c43)cc2)n1. The maximum absolute atomic E-state index is 14.8. The number of hydrogen-bond acceptors (Lipinski definition) is 5. The van der Waals surface area contributed by atoms with E-state index < -0.39 is 42.5 Å². The molecule has 226 valence electrons. The van der Waals surface area contributed by atoms with Crippen molar-refractivity contribution < 1.29 is 18.4 Å². The van der Waals surface area contributed by atoms with E-state index in [0.717, 1.165) is 22.3 Å². The molecule has 9 nitrogen and oxygen atoms in total. The van der Waals surface area contributed by atoms with Crippen molar-refractivity contribution in [2.24, 2.45) is 5.92 Å². The van der Waals surface area contributed by atoms with E-state index in [1.54, 1.807) is 46.2 Å². The van der Waals surface area contributed by atoms with E-state index in [2.05, 4.69) is 20.4 Å². The number of halogens is 3. The topological polar surface area (TPSA) is 109 Å². The second kappa shape index (κ2) is 11.6. The summed E-state index contributed by atoms with van der Waals surface area (Å²) in [6.07, 6.45) is 4.65. The minimum atomic E-state index is -3.01. The predicted octanol–water partition coefficient (Wildman–Crippen LogP) is 5.82. The van der Waals surface area contributed by atoms with Gasteiger partial charge in [0.1, 0.15) is 5.69 Å². The molecule has 3 aromatic heterocycles. The fourth-order valence-electron chi connectivity index (χ4n) is 6.27. The number of carbonyl (C=O) groups is 2. The zero-order valence-corrected chi connectivity index (χ0v) is 25.5. The molecule has 0 spiro atoms. The Kier molecular flexibility index (Phi) is 7.79. The van der Waals surface area contributed by atoms with Gasteiger partial charge in [0.25, 0.3) is 5.91 Å². The molecule has 12 heteroatoms. The molecule has 7 rings (SSSR count). The number of H-pyrrole nitrogens is 1. The molecule has 0 bridgehead atoms. The maximum atomic E-state index is 14.8. The Balaban J connectivity index is 0.00000343. The van der Waals surface area contributed by atoms with E-state index >= 15 is 0 Å². The van der Waals surface area contributed by atoms with Crippen molar-refractivity contribution in [3.8, 4) is 17.2 Å². The summed E-state index contributed by atoms with van der Waals surface area (Å²) >= 11 is 0. The highest BCUT2D eigenvalue weighted by Gasteiger charge is 2.47. The highest BCUT2D eigenvalue weighted by Crippen LogP contribution is 2.43. The van der Waals surface area contributed by atoms with Crippen LogP contribution in [-0.2, 0) is 11.2 Å². The lowest BCUT2D eigenvalue weighted by Gasteiger charge is -2.37. The van der Waals surface area contributed by atoms with Crippen LogP contribution in [0.3, 0.4) is 0 Å². The van der Waals surface area contributed by atoms with Crippen molar-refractivity contribution in [3.63, 3.8) is 0 Å². The van der Waals surface area contributed by atoms with E-state index in [-0.39, 0.29) is 23.4 Å². The number of carbonyl (C=O) groups excluding carboxylic acids is 2. The van der Waals surface area contributed by atoms with E-state index in [4.69, 9.17) is 4.98 Å². The first-order valence-corrected chi connectivity index (χ1v) is 14.3. The molecule has 0 unspecified atom stereocenters. The number of imidazole rings is 1. The van der Waals surface area contributed by atoms with Crippen LogP contribution < -0.4 is 10.2 Å². The van der Waals surface area contributed by atoms with Gasteiger partial charge in [-0.1, -0.05) is 18.2 Å². The maximum Gasteiger partial charge on any atom is 0.251 e. The van der Waals surface area contributed by atoms with Crippen molar-refractivity contribution in [1.29, 1.82) is 0 Å². The van der Waals surface area contributed by atoms with Gasteiger partial charge in [0.15, 0.2) is 5.82 Å². The number of aromatic nitrogens is 5. The molecule has 4 heterocycles. The van der Waals surface area contributed by atoms with Crippen LogP contribution in [0.2, 0.25) is 0 Å². The number of aryl methyl sites for hydroxylation is 1. The van der Waals surface area contributed by atoms with Crippen LogP contribution in [0.15, 0.2) is 73.2 Å². The number of anilines is 1. The standard InChI is InChI=1S/C32H29F2N7O2.BrH/c1-19-11-17-41(39-19)21-8-6-20(7-9-21)30(42)38-26-10-13-32(33,34)18-24(26)31(43)40-16-12-23-27(29-35-14-15-36-29)37-25-5-3-2-4-22(25)28(23)40;/h2-9,11,14-15,17,24,26H,10,12-13,16,18H2,1H3,(H,35,36)(H,38,42);1H/t24-,26-;/m1./s1. The summed E-state index contributed by atoms with van der Waals surface area (Å²) in [5.41, 5.74) is 4.87. The number of alkyl halides is 2. The number of fused-ring (bicyclic) bond motifs is 3. The molecular formula is C32H30BrF2N7O2. The second-order valence-electron chi connectivity index (χ2n) is 11.2. The number of nitrogens with zero attached hydrogens (tertiary/aromatic N) is 5. The summed E-state index contributed by atoms with van der Waals surface area (Å²) in [5.74, 6) is -4.35. The number of nitrogens with one attached hydrogen (secondary N) is 2. The average Bonchev–Trinajstić information content (AvgIpc) is 3.79. The summed E-state index contributed by atoms with van der Waals surface area (Å²) in [4.78, 5) is 41.4. The van der Waals surface area contributed by atoms with Crippen molar-refractivity contribution in [1.82, 2.24) is 30.0 Å². The number of benzene rings is 2. The largest absolute Gasteiger partial charge is 0.348 e. The van der Waals surface area contributed by atoms with Crippen molar-refractivity contribution in [2.75, 3.05) is 11.4 Å². The minimum Gasteiger partial charge on any atom is -0.348 e. The Labute approximate surface area is 262 Å². The monoisotopic (exact) mass is 661 g/mol. The highest BCUT2D eigenvalue weighted by atomic mass is 79.9. The van der Waals surface area contributed by atoms with Crippen LogP contribution in [0.4, 0.5) is 14.5 Å².